The molecule has 1 unspecified atom stereocenters. The second-order valence-corrected chi connectivity index (χ2v) is 6.98. The molecule has 1 aromatic heterocycles. The van der Waals surface area contributed by atoms with Crippen molar-refractivity contribution in [2.45, 2.75) is 52.8 Å². The second-order valence-electron chi connectivity index (χ2n) is 6.98. The fraction of sp³-hybridized carbons (Fsp3) is 0.364. The van der Waals surface area contributed by atoms with Crippen molar-refractivity contribution in [1.82, 2.24) is 14.9 Å². The first-order valence-corrected chi connectivity index (χ1v) is 9.48. The highest BCUT2D eigenvalue weighted by Gasteiger charge is 2.15. The SMILES string of the molecule is CCc1nc2ccccc2n1CC(=O)NC(C)c1ccc(OC(C)C)cc1. The van der Waals surface area contributed by atoms with Gasteiger partial charge in [-0.05, 0) is 50.6 Å². The number of nitrogens with zero attached hydrogens (tertiary/aromatic N) is 2. The molecule has 142 valence electrons. The van der Waals surface area contributed by atoms with Crippen LogP contribution in [-0.2, 0) is 17.8 Å². The third-order valence-corrected chi connectivity index (χ3v) is 4.48. The number of hydrogen-bond acceptors (Lipinski definition) is 3. The highest BCUT2D eigenvalue weighted by molar-refractivity contribution is 5.81. The van der Waals surface area contributed by atoms with Gasteiger partial charge in [0.25, 0.3) is 0 Å². The molecule has 3 rings (SSSR count). The lowest BCUT2D eigenvalue weighted by Gasteiger charge is -2.17. The molecule has 5 nitrogen and oxygen atoms in total. The zero-order valence-corrected chi connectivity index (χ0v) is 16.4. The molecule has 0 aliphatic heterocycles. The lowest BCUT2D eigenvalue weighted by Crippen LogP contribution is -2.30. The Morgan fingerprint density at radius 2 is 1.81 bits per heavy atom. The Hall–Kier alpha value is -2.82. The minimum Gasteiger partial charge on any atom is -0.491 e. The maximum absolute atomic E-state index is 12.6. The van der Waals surface area contributed by atoms with Gasteiger partial charge in [-0.25, -0.2) is 4.98 Å². The Morgan fingerprint density at radius 3 is 2.48 bits per heavy atom. The summed E-state index contributed by atoms with van der Waals surface area (Å²) in [6.45, 7) is 8.31. The quantitative estimate of drug-likeness (QED) is 0.680. The summed E-state index contributed by atoms with van der Waals surface area (Å²) in [6, 6.07) is 15.7. The van der Waals surface area contributed by atoms with Crippen LogP contribution in [0.4, 0.5) is 0 Å². The van der Waals surface area contributed by atoms with Crippen LogP contribution in [0.5, 0.6) is 5.75 Å². The number of ether oxygens (including phenoxy) is 1. The van der Waals surface area contributed by atoms with Crippen LogP contribution < -0.4 is 10.1 Å². The maximum Gasteiger partial charge on any atom is 0.240 e. The van der Waals surface area contributed by atoms with Crippen molar-refractivity contribution in [3.05, 3.63) is 59.9 Å². The largest absolute Gasteiger partial charge is 0.491 e. The first-order valence-electron chi connectivity index (χ1n) is 9.48. The third kappa shape index (κ3) is 4.48. The van der Waals surface area contributed by atoms with Gasteiger partial charge < -0.3 is 14.6 Å². The van der Waals surface area contributed by atoms with Crippen LogP contribution in [0.25, 0.3) is 11.0 Å². The number of fused-ring (bicyclic) bond motifs is 1. The van der Waals surface area contributed by atoms with Crippen molar-refractivity contribution >= 4 is 16.9 Å². The molecule has 3 aromatic rings. The number of aromatic nitrogens is 2. The summed E-state index contributed by atoms with van der Waals surface area (Å²) in [5.41, 5.74) is 2.97. The van der Waals surface area contributed by atoms with E-state index in [0.717, 1.165) is 34.6 Å². The van der Waals surface area contributed by atoms with E-state index in [4.69, 9.17) is 4.74 Å². The van der Waals surface area contributed by atoms with E-state index >= 15 is 0 Å². The van der Waals surface area contributed by atoms with Crippen LogP contribution in [0, 0.1) is 0 Å². The Balaban J connectivity index is 1.69. The van der Waals surface area contributed by atoms with E-state index in [1.54, 1.807) is 0 Å². The van der Waals surface area contributed by atoms with Gasteiger partial charge in [-0.15, -0.1) is 0 Å². The molecule has 0 bridgehead atoms. The molecule has 0 radical (unpaired) electrons. The number of carbonyl (C=O) groups excluding carboxylic acids is 1. The Bertz CT molecular complexity index is 913. The minimum absolute atomic E-state index is 0.0251. The molecule has 1 heterocycles. The summed E-state index contributed by atoms with van der Waals surface area (Å²) in [4.78, 5) is 17.3. The number of benzene rings is 2. The van der Waals surface area contributed by atoms with Crippen LogP contribution in [0.2, 0.25) is 0 Å². The highest BCUT2D eigenvalue weighted by Crippen LogP contribution is 2.19. The first-order chi connectivity index (χ1) is 13.0. The Labute approximate surface area is 160 Å². The molecule has 27 heavy (non-hydrogen) atoms. The molecule has 0 aliphatic rings. The number of imidazole rings is 1. The zero-order valence-electron chi connectivity index (χ0n) is 16.4. The van der Waals surface area contributed by atoms with Crippen LogP contribution in [-0.4, -0.2) is 21.6 Å². The van der Waals surface area contributed by atoms with Crippen molar-refractivity contribution in [3.8, 4) is 5.75 Å². The molecular formula is C22H27N3O2. The molecule has 2 aromatic carbocycles. The molecular weight excluding hydrogens is 338 g/mol. The second kappa shape index (κ2) is 8.25. The average molecular weight is 365 g/mol. The van der Waals surface area contributed by atoms with Gasteiger partial charge in [0.15, 0.2) is 0 Å². The third-order valence-electron chi connectivity index (χ3n) is 4.48. The first kappa shape index (κ1) is 19.0. The number of amides is 1. The summed E-state index contributed by atoms with van der Waals surface area (Å²) in [7, 11) is 0. The van der Waals surface area contributed by atoms with Crippen molar-refractivity contribution in [1.29, 1.82) is 0 Å². The summed E-state index contributed by atoms with van der Waals surface area (Å²) in [6.07, 6.45) is 0.931. The topological polar surface area (TPSA) is 56.2 Å². The summed E-state index contributed by atoms with van der Waals surface area (Å²) in [5, 5.41) is 3.08. The van der Waals surface area contributed by atoms with Crippen LogP contribution in [0.3, 0.4) is 0 Å². The number of nitrogens with one attached hydrogen (secondary N) is 1. The molecule has 0 fully saturated rings. The fourth-order valence-electron chi connectivity index (χ4n) is 3.19. The van der Waals surface area contributed by atoms with Gasteiger partial charge in [0, 0.05) is 6.42 Å². The van der Waals surface area contributed by atoms with Crippen molar-refractivity contribution in [2.24, 2.45) is 0 Å². The van der Waals surface area contributed by atoms with Gasteiger partial charge in [-0.1, -0.05) is 31.2 Å². The molecule has 5 heteroatoms. The minimum atomic E-state index is -0.0783. The average Bonchev–Trinajstić information content (AvgIpc) is 2.99. The fourth-order valence-corrected chi connectivity index (χ4v) is 3.19. The van der Waals surface area contributed by atoms with E-state index in [0.29, 0.717) is 0 Å². The standard InChI is InChI=1S/C22H27N3O2/c1-5-21-24-19-8-6-7-9-20(19)25(21)14-22(26)23-16(4)17-10-12-18(13-11-17)27-15(2)3/h6-13,15-16H,5,14H2,1-4H3,(H,23,26). The highest BCUT2D eigenvalue weighted by atomic mass is 16.5. The Morgan fingerprint density at radius 1 is 1.11 bits per heavy atom. The van der Waals surface area contributed by atoms with Gasteiger partial charge in [0.2, 0.25) is 5.91 Å². The number of hydrogen-bond donors (Lipinski definition) is 1. The molecule has 1 N–H and O–H groups in total. The lowest BCUT2D eigenvalue weighted by atomic mass is 10.1. The lowest BCUT2D eigenvalue weighted by molar-refractivity contribution is -0.122. The summed E-state index contributed by atoms with van der Waals surface area (Å²) >= 11 is 0. The van der Waals surface area contributed by atoms with Gasteiger partial charge in [0.05, 0.1) is 23.2 Å². The Kier molecular flexibility index (Phi) is 5.79. The number of aryl methyl sites for hydroxylation is 1. The molecule has 0 aliphatic carbocycles. The van der Waals surface area contributed by atoms with Gasteiger partial charge in [0.1, 0.15) is 18.1 Å². The van der Waals surface area contributed by atoms with Gasteiger partial charge >= 0.3 is 0 Å². The smallest absolute Gasteiger partial charge is 0.240 e. The normalized spacial score (nSPS) is 12.3. The number of carbonyl (C=O) groups is 1. The molecule has 0 saturated carbocycles. The number of rotatable bonds is 7. The maximum atomic E-state index is 12.6. The summed E-state index contributed by atoms with van der Waals surface area (Å²) in [5.74, 6) is 1.74. The van der Waals surface area contributed by atoms with E-state index in [1.165, 1.54) is 0 Å². The van der Waals surface area contributed by atoms with E-state index in [1.807, 2.05) is 73.9 Å². The number of para-hydroxylation sites is 2. The molecule has 0 spiro atoms. The van der Waals surface area contributed by atoms with Crippen molar-refractivity contribution in [3.63, 3.8) is 0 Å². The summed E-state index contributed by atoms with van der Waals surface area (Å²) < 4.78 is 7.67. The van der Waals surface area contributed by atoms with Crippen molar-refractivity contribution in [2.75, 3.05) is 0 Å². The van der Waals surface area contributed by atoms with E-state index in [9.17, 15) is 4.79 Å². The van der Waals surface area contributed by atoms with Crippen molar-refractivity contribution < 1.29 is 9.53 Å². The zero-order chi connectivity index (χ0) is 19.4. The van der Waals surface area contributed by atoms with E-state index < -0.39 is 0 Å². The van der Waals surface area contributed by atoms with Crippen LogP contribution in [0.1, 0.15) is 45.1 Å². The monoisotopic (exact) mass is 365 g/mol. The van der Waals surface area contributed by atoms with Crippen LogP contribution in [0.15, 0.2) is 48.5 Å². The predicted molar refractivity (Wildman–Crippen MR) is 108 cm³/mol. The van der Waals surface area contributed by atoms with Gasteiger partial charge in [-0.2, -0.15) is 0 Å². The molecule has 1 amide bonds. The van der Waals surface area contributed by atoms with Gasteiger partial charge in [-0.3, -0.25) is 4.79 Å². The molecule has 0 saturated heterocycles. The van der Waals surface area contributed by atoms with E-state index in [-0.39, 0.29) is 24.6 Å². The molecule has 1 atom stereocenters. The van der Waals surface area contributed by atoms with E-state index in [2.05, 4.69) is 17.2 Å². The van der Waals surface area contributed by atoms with Crippen LogP contribution >= 0.6 is 0 Å². The predicted octanol–water partition coefficient (Wildman–Crippen LogP) is 4.26.